The average molecular weight is 522 g/mol. The van der Waals surface area contributed by atoms with Crippen LogP contribution in [0.2, 0.25) is 0 Å². The van der Waals surface area contributed by atoms with Gasteiger partial charge in [0.15, 0.2) is 11.6 Å². The number of hydrogen-bond acceptors (Lipinski definition) is 3. The van der Waals surface area contributed by atoms with Gasteiger partial charge in [-0.1, -0.05) is 104 Å². The number of carboxylic acid groups (broad SMARTS) is 1. The number of hydrogen-bond donors (Lipinski definition) is 0. The van der Waals surface area contributed by atoms with Crippen LogP contribution in [0.15, 0.2) is 12.1 Å². The highest BCUT2D eigenvalue weighted by atomic mass is 19.2. The number of ether oxygens (including phenoxy) is 1. The molecule has 0 radical (unpaired) electrons. The van der Waals surface area contributed by atoms with Gasteiger partial charge in [-0.3, -0.25) is 0 Å². The first kappa shape index (κ1) is 31.6. The molecule has 3 rings (SSSR count). The van der Waals surface area contributed by atoms with E-state index < -0.39 is 23.2 Å². The summed E-state index contributed by atoms with van der Waals surface area (Å²) >= 11 is 0. The first-order valence-electron chi connectivity index (χ1n) is 15.3. The first-order chi connectivity index (χ1) is 17.9. The molecule has 0 spiro atoms. The zero-order chi connectivity index (χ0) is 26.9. The second kappa shape index (κ2) is 17.8. The Labute approximate surface area is 224 Å². The van der Waals surface area contributed by atoms with E-state index in [0.29, 0.717) is 0 Å². The first-order valence-corrected chi connectivity index (χ1v) is 15.3. The Balaban J connectivity index is 0.000000263. The minimum atomic E-state index is -1.75. The van der Waals surface area contributed by atoms with Crippen LogP contribution >= 0.6 is 0 Å². The molecule has 0 atom stereocenters. The maximum absolute atomic E-state index is 13.5. The fourth-order valence-electron chi connectivity index (χ4n) is 6.43. The topological polar surface area (TPSA) is 49.4 Å². The van der Waals surface area contributed by atoms with Crippen molar-refractivity contribution in [2.75, 3.05) is 6.61 Å². The summed E-state index contributed by atoms with van der Waals surface area (Å²) < 4.78 is 32.0. The summed E-state index contributed by atoms with van der Waals surface area (Å²) in [5.41, 5.74) is 0.00261. The Morgan fingerprint density at radius 2 is 1.43 bits per heavy atom. The number of carboxylic acids is 1. The van der Waals surface area contributed by atoms with Gasteiger partial charge < -0.3 is 14.6 Å². The van der Waals surface area contributed by atoms with Crippen molar-refractivity contribution in [1.82, 2.24) is 0 Å². The minimum absolute atomic E-state index is 0.263. The molecule has 0 aromatic heterocycles. The minimum Gasteiger partial charge on any atom is -0.545 e. The lowest BCUT2D eigenvalue weighted by atomic mass is 9.60. The van der Waals surface area contributed by atoms with Crippen LogP contribution in [0.1, 0.15) is 153 Å². The molecule has 3 nitrogen and oxygen atoms in total. The molecule has 212 valence electrons. The van der Waals surface area contributed by atoms with E-state index in [2.05, 4.69) is 13.8 Å². The van der Waals surface area contributed by atoms with Crippen molar-refractivity contribution in [1.29, 1.82) is 0 Å². The number of rotatable bonds is 14. The Hall–Kier alpha value is -1.65. The van der Waals surface area contributed by atoms with Crippen molar-refractivity contribution in [2.45, 2.75) is 142 Å². The van der Waals surface area contributed by atoms with E-state index >= 15 is 0 Å². The maximum atomic E-state index is 13.5. The largest absolute Gasteiger partial charge is 0.545 e. The van der Waals surface area contributed by atoms with Gasteiger partial charge in [-0.25, -0.2) is 4.39 Å². The normalized spacial score (nSPS) is 17.6. The monoisotopic (exact) mass is 521 g/mol. The van der Waals surface area contributed by atoms with Crippen molar-refractivity contribution >= 4 is 5.97 Å². The van der Waals surface area contributed by atoms with E-state index in [9.17, 15) is 18.7 Å². The van der Waals surface area contributed by atoms with Crippen molar-refractivity contribution in [3.63, 3.8) is 0 Å². The molecule has 0 aliphatic heterocycles. The zero-order valence-electron chi connectivity index (χ0n) is 23.6. The molecule has 5 heteroatoms. The number of halogens is 2. The van der Waals surface area contributed by atoms with Crippen LogP contribution in [0.25, 0.3) is 0 Å². The van der Waals surface area contributed by atoms with Gasteiger partial charge in [-0.15, -0.1) is 0 Å². The highest BCUT2D eigenvalue weighted by Crippen LogP contribution is 2.51. The van der Waals surface area contributed by atoms with Gasteiger partial charge in [-0.2, -0.15) is 4.39 Å². The summed E-state index contributed by atoms with van der Waals surface area (Å²) in [6, 6.07) is 2.06. The fourth-order valence-corrected chi connectivity index (χ4v) is 6.43. The Morgan fingerprint density at radius 1 is 0.838 bits per heavy atom. The molecule has 0 bridgehead atoms. The van der Waals surface area contributed by atoms with Crippen LogP contribution in [0.5, 0.6) is 5.75 Å². The quantitative estimate of drug-likeness (QED) is 0.229. The highest BCUT2D eigenvalue weighted by molar-refractivity contribution is 5.86. The third-order valence-electron chi connectivity index (χ3n) is 8.62. The van der Waals surface area contributed by atoms with Crippen molar-refractivity contribution in [2.24, 2.45) is 11.3 Å². The van der Waals surface area contributed by atoms with Gasteiger partial charge in [-0.05, 0) is 62.0 Å². The molecule has 0 N–H and O–H groups in total. The molecule has 37 heavy (non-hydrogen) atoms. The number of carbonyl (C=O) groups excluding carboxylic acids is 1. The van der Waals surface area contributed by atoms with E-state index in [1.165, 1.54) is 77.0 Å². The fraction of sp³-hybridized carbons (Fsp3) is 0.781. The molecule has 2 aliphatic rings. The lowest BCUT2D eigenvalue weighted by Crippen LogP contribution is -2.34. The molecule has 0 unspecified atom stereocenters. The number of unbranched alkanes of at least 4 members (excludes halogenated alkanes) is 7. The summed E-state index contributed by atoms with van der Waals surface area (Å²) in [7, 11) is 0. The molecular formula is C32H51F2O3-. The van der Waals surface area contributed by atoms with Gasteiger partial charge in [0.1, 0.15) is 0 Å². The van der Waals surface area contributed by atoms with E-state index in [4.69, 9.17) is 4.74 Å². The lowest BCUT2D eigenvalue weighted by Gasteiger charge is -2.46. The summed E-state index contributed by atoms with van der Waals surface area (Å²) in [5, 5.41) is 10.5. The number of carbonyl (C=O) groups is 1. The van der Waals surface area contributed by atoms with Gasteiger partial charge in [0, 0.05) is 5.56 Å². The standard InChI is InChI=1S/C17H32.C15H20F2O3/c1-2-3-8-13-17(14-9-5-10-15-17)16-11-6-4-7-12-16;1-2-3-4-5-6-7-10-20-12-9-8-11(15(18)19)13(16)14(12)17/h16H,2-15H2,1H3;8-9H,2-7,10H2,1H3,(H,18,19)/p-1. The van der Waals surface area contributed by atoms with Crippen molar-refractivity contribution < 1.29 is 23.4 Å². The molecule has 1 aromatic rings. The lowest BCUT2D eigenvalue weighted by molar-refractivity contribution is -0.255. The van der Waals surface area contributed by atoms with Crippen LogP contribution in [0.3, 0.4) is 0 Å². The van der Waals surface area contributed by atoms with Gasteiger partial charge in [0.05, 0.1) is 12.6 Å². The van der Waals surface area contributed by atoms with Crippen LogP contribution in [0.4, 0.5) is 8.78 Å². The van der Waals surface area contributed by atoms with Crippen LogP contribution in [-0.2, 0) is 0 Å². The van der Waals surface area contributed by atoms with Crippen molar-refractivity contribution in [3.8, 4) is 5.75 Å². The van der Waals surface area contributed by atoms with Gasteiger partial charge >= 0.3 is 0 Å². The Morgan fingerprint density at radius 3 is 2.08 bits per heavy atom. The number of aromatic carboxylic acids is 1. The molecule has 0 amide bonds. The van der Waals surface area contributed by atoms with Crippen LogP contribution in [0, 0.1) is 23.0 Å². The summed E-state index contributed by atoms with van der Waals surface area (Å²) in [4.78, 5) is 10.5. The third-order valence-corrected chi connectivity index (χ3v) is 8.62. The Bertz CT molecular complexity index is 768. The Kier molecular flexibility index (Phi) is 15.2. The third kappa shape index (κ3) is 10.6. The molecule has 0 heterocycles. The second-order valence-electron chi connectivity index (χ2n) is 11.4. The molecule has 1 aromatic carbocycles. The van der Waals surface area contributed by atoms with Crippen LogP contribution < -0.4 is 9.84 Å². The average Bonchev–Trinajstić information content (AvgIpc) is 2.92. The molecule has 0 saturated heterocycles. The smallest absolute Gasteiger partial charge is 0.201 e. The summed E-state index contributed by atoms with van der Waals surface area (Å²) in [6.45, 7) is 4.76. The maximum Gasteiger partial charge on any atom is 0.201 e. The molecule has 2 fully saturated rings. The molecule has 2 saturated carbocycles. The van der Waals surface area contributed by atoms with Crippen molar-refractivity contribution in [3.05, 3.63) is 29.3 Å². The molecular weight excluding hydrogens is 470 g/mol. The van der Waals surface area contributed by atoms with Gasteiger partial charge in [0.2, 0.25) is 5.82 Å². The van der Waals surface area contributed by atoms with E-state index in [0.717, 1.165) is 42.7 Å². The predicted octanol–water partition coefficient (Wildman–Crippen LogP) is 9.17. The summed E-state index contributed by atoms with van der Waals surface area (Å²) in [6.07, 6.45) is 27.7. The number of benzene rings is 1. The molecule has 2 aliphatic carbocycles. The van der Waals surface area contributed by atoms with E-state index in [1.807, 2.05) is 0 Å². The predicted molar refractivity (Wildman–Crippen MR) is 146 cm³/mol. The highest BCUT2D eigenvalue weighted by Gasteiger charge is 2.39. The van der Waals surface area contributed by atoms with E-state index in [1.54, 1.807) is 32.1 Å². The summed E-state index contributed by atoms with van der Waals surface area (Å²) in [5.74, 6) is -3.62. The van der Waals surface area contributed by atoms with Crippen LogP contribution in [-0.4, -0.2) is 12.6 Å². The SMILES string of the molecule is CCCCCC1(C2CCCCC2)CCCCC1.CCCCCCCCOc1ccc(C(=O)[O-])c(F)c1F. The van der Waals surface area contributed by atoms with E-state index in [-0.39, 0.29) is 12.4 Å². The zero-order valence-corrected chi connectivity index (χ0v) is 23.6. The van der Waals surface area contributed by atoms with Gasteiger partial charge in [0.25, 0.3) is 0 Å². The second-order valence-corrected chi connectivity index (χ2v) is 11.4.